The van der Waals surface area contributed by atoms with E-state index < -0.39 is 12.0 Å². The smallest absolute Gasteiger partial charge is 0.328 e. The largest absolute Gasteiger partial charge is 0.496 e. The Morgan fingerprint density at radius 1 is 0.692 bits per heavy atom. The summed E-state index contributed by atoms with van der Waals surface area (Å²) in [5.74, 6) is 1.16. The molecule has 7 heteroatoms. The molecule has 0 spiro atoms. The first-order valence-corrected chi connectivity index (χ1v) is 12.5. The predicted molar refractivity (Wildman–Crippen MR) is 148 cm³/mol. The highest BCUT2D eigenvalue weighted by molar-refractivity contribution is 5.96. The van der Waals surface area contributed by atoms with E-state index in [9.17, 15) is 9.59 Å². The van der Waals surface area contributed by atoms with Crippen LogP contribution in [0.25, 0.3) is 0 Å². The van der Waals surface area contributed by atoms with Crippen molar-refractivity contribution in [2.24, 2.45) is 0 Å². The summed E-state index contributed by atoms with van der Waals surface area (Å²) in [4.78, 5) is 25.4. The number of hydrogen-bond acceptors (Lipinski definition) is 6. The van der Waals surface area contributed by atoms with E-state index in [2.05, 4.69) is 5.32 Å². The summed E-state index contributed by atoms with van der Waals surface area (Å²) in [7, 11) is 2.92. The van der Waals surface area contributed by atoms with Gasteiger partial charge in [0, 0.05) is 17.5 Å². The van der Waals surface area contributed by atoms with Crippen LogP contribution in [0, 0.1) is 0 Å². The highest BCUT2D eigenvalue weighted by atomic mass is 16.5. The molecule has 0 radical (unpaired) electrons. The summed E-state index contributed by atoms with van der Waals surface area (Å²) in [6, 6.07) is 30.8. The molecule has 200 valence electrons. The van der Waals surface area contributed by atoms with Crippen molar-refractivity contribution in [1.82, 2.24) is 5.32 Å². The molecule has 39 heavy (non-hydrogen) atoms. The average Bonchev–Trinajstić information content (AvgIpc) is 2.99. The topological polar surface area (TPSA) is 83.1 Å². The Bertz CT molecular complexity index is 1350. The Balaban J connectivity index is 1.33. The van der Waals surface area contributed by atoms with Gasteiger partial charge in [0.1, 0.15) is 36.5 Å². The van der Waals surface area contributed by atoms with Crippen molar-refractivity contribution in [1.29, 1.82) is 0 Å². The lowest BCUT2D eigenvalue weighted by molar-refractivity contribution is -0.142. The van der Waals surface area contributed by atoms with Crippen LogP contribution in [-0.2, 0) is 29.2 Å². The van der Waals surface area contributed by atoms with E-state index in [4.69, 9.17) is 18.9 Å². The fraction of sp³-hybridized carbons (Fsp3) is 0.188. The number of nitrogens with one attached hydrogen (secondary N) is 1. The Kier molecular flexibility index (Phi) is 9.56. The van der Waals surface area contributed by atoms with Gasteiger partial charge in [-0.15, -0.1) is 0 Å². The number of hydrogen-bond donors (Lipinski definition) is 1. The van der Waals surface area contributed by atoms with Crippen LogP contribution in [-0.4, -0.2) is 32.1 Å². The summed E-state index contributed by atoms with van der Waals surface area (Å²) in [6.45, 7) is 0.793. The lowest BCUT2D eigenvalue weighted by atomic mass is 10.0. The number of carbonyl (C=O) groups is 2. The maximum Gasteiger partial charge on any atom is 0.328 e. The maximum absolute atomic E-state index is 12.9. The monoisotopic (exact) mass is 525 g/mol. The number of para-hydroxylation sites is 1. The third-order valence-corrected chi connectivity index (χ3v) is 6.11. The first kappa shape index (κ1) is 27.3. The second-order valence-corrected chi connectivity index (χ2v) is 8.80. The highest BCUT2D eigenvalue weighted by Gasteiger charge is 2.23. The number of amides is 1. The molecule has 7 nitrogen and oxygen atoms in total. The van der Waals surface area contributed by atoms with Crippen LogP contribution in [0.5, 0.6) is 17.2 Å². The molecule has 0 aliphatic rings. The van der Waals surface area contributed by atoms with Crippen LogP contribution in [0.3, 0.4) is 0 Å². The molecule has 0 fully saturated rings. The molecule has 0 saturated heterocycles. The van der Waals surface area contributed by atoms with E-state index in [1.165, 1.54) is 7.11 Å². The van der Waals surface area contributed by atoms with Gasteiger partial charge in [-0.2, -0.15) is 0 Å². The quantitative estimate of drug-likeness (QED) is 0.251. The molecular weight excluding hydrogens is 494 g/mol. The fourth-order valence-electron chi connectivity index (χ4n) is 3.96. The molecule has 0 aliphatic carbocycles. The molecule has 0 saturated carbocycles. The molecule has 0 heterocycles. The lowest BCUT2D eigenvalue weighted by Crippen LogP contribution is -2.43. The van der Waals surface area contributed by atoms with Crippen molar-refractivity contribution in [3.05, 3.63) is 125 Å². The number of ether oxygens (including phenoxy) is 4. The minimum Gasteiger partial charge on any atom is -0.496 e. The third-order valence-electron chi connectivity index (χ3n) is 6.11. The van der Waals surface area contributed by atoms with Gasteiger partial charge < -0.3 is 24.3 Å². The van der Waals surface area contributed by atoms with Gasteiger partial charge in [-0.05, 0) is 53.6 Å². The minimum atomic E-state index is -0.847. The Morgan fingerprint density at radius 3 is 1.97 bits per heavy atom. The van der Waals surface area contributed by atoms with Crippen LogP contribution >= 0.6 is 0 Å². The van der Waals surface area contributed by atoms with Gasteiger partial charge in [0.15, 0.2) is 0 Å². The van der Waals surface area contributed by atoms with E-state index >= 15 is 0 Å². The van der Waals surface area contributed by atoms with Crippen LogP contribution < -0.4 is 19.5 Å². The van der Waals surface area contributed by atoms with Crippen molar-refractivity contribution in [3.8, 4) is 17.2 Å². The van der Waals surface area contributed by atoms with Gasteiger partial charge in [-0.3, -0.25) is 4.79 Å². The Hall–Kier alpha value is -4.78. The number of benzene rings is 4. The van der Waals surface area contributed by atoms with Gasteiger partial charge in [0.05, 0.1) is 14.2 Å². The molecule has 1 atom stereocenters. The van der Waals surface area contributed by atoms with E-state index in [-0.39, 0.29) is 12.3 Å². The number of carbonyl (C=O) groups excluding carboxylic acids is 2. The molecule has 0 unspecified atom stereocenters. The van der Waals surface area contributed by atoms with Crippen molar-refractivity contribution in [2.45, 2.75) is 25.7 Å². The average molecular weight is 526 g/mol. The van der Waals surface area contributed by atoms with Gasteiger partial charge in [-0.1, -0.05) is 60.7 Å². The normalized spacial score (nSPS) is 11.2. The second-order valence-electron chi connectivity index (χ2n) is 8.80. The van der Waals surface area contributed by atoms with E-state index in [1.54, 1.807) is 31.4 Å². The predicted octanol–water partition coefficient (Wildman–Crippen LogP) is 5.37. The maximum atomic E-state index is 12.9. The summed E-state index contributed by atoms with van der Waals surface area (Å²) in [5, 5.41) is 2.78. The van der Waals surface area contributed by atoms with Crippen LogP contribution in [0.2, 0.25) is 0 Å². The van der Waals surface area contributed by atoms with Crippen molar-refractivity contribution < 1.29 is 28.5 Å². The Labute approximate surface area is 228 Å². The first-order chi connectivity index (χ1) is 19.1. The lowest BCUT2D eigenvalue weighted by Gasteiger charge is -2.17. The summed E-state index contributed by atoms with van der Waals surface area (Å²) < 4.78 is 22.0. The molecule has 4 aromatic carbocycles. The summed E-state index contributed by atoms with van der Waals surface area (Å²) in [6.07, 6.45) is 0.275. The van der Waals surface area contributed by atoms with Crippen LogP contribution in [0.15, 0.2) is 103 Å². The molecule has 4 rings (SSSR count). The Morgan fingerprint density at radius 2 is 1.31 bits per heavy atom. The summed E-state index contributed by atoms with van der Waals surface area (Å²) >= 11 is 0. The van der Waals surface area contributed by atoms with Crippen molar-refractivity contribution >= 4 is 11.9 Å². The fourth-order valence-corrected chi connectivity index (χ4v) is 3.96. The molecule has 0 aliphatic heterocycles. The molecule has 0 bridgehead atoms. The highest BCUT2D eigenvalue weighted by Crippen LogP contribution is 2.21. The zero-order chi connectivity index (χ0) is 27.5. The van der Waals surface area contributed by atoms with Gasteiger partial charge in [-0.25, -0.2) is 4.79 Å². The summed E-state index contributed by atoms with van der Waals surface area (Å²) in [5.41, 5.74) is 3.25. The molecular formula is C32H31NO6. The number of esters is 1. The standard InChI is InChI=1S/C32H31NO6/c1-36-30-11-7-6-10-26(30)22-39-28-18-14-25(15-19-28)31(34)33-29(32(35)37-2)20-23-12-16-27(17-13-23)38-21-24-8-4-3-5-9-24/h3-19,29H,20-22H2,1-2H3,(H,33,34)/t29-/m0/s1. The van der Waals surface area contributed by atoms with Crippen LogP contribution in [0.1, 0.15) is 27.0 Å². The zero-order valence-corrected chi connectivity index (χ0v) is 22.0. The molecule has 1 amide bonds. The minimum absolute atomic E-state index is 0.275. The molecule has 0 aromatic heterocycles. The third kappa shape index (κ3) is 7.85. The van der Waals surface area contributed by atoms with E-state index in [0.29, 0.717) is 30.3 Å². The van der Waals surface area contributed by atoms with Gasteiger partial charge >= 0.3 is 5.97 Å². The SMILES string of the molecule is COC(=O)[C@H](Cc1ccc(OCc2ccccc2)cc1)NC(=O)c1ccc(OCc2ccccc2OC)cc1. The van der Waals surface area contributed by atoms with Crippen LogP contribution in [0.4, 0.5) is 0 Å². The van der Waals surface area contributed by atoms with E-state index in [0.717, 1.165) is 22.4 Å². The molecule has 1 N–H and O–H groups in total. The number of rotatable bonds is 12. The van der Waals surface area contributed by atoms with E-state index in [1.807, 2.05) is 78.9 Å². The number of methoxy groups -OCH3 is 2. The van der Waals surface area contributed by atoms with Gasteiger partial charge in [0.25, 0.3) is 5.91 Å². The van der Waals surface area contributed by atoms with Crippen molar-refractivity contribution in [2.75, 3.05) is 14.2 Å². The first-order valence-electron chi connectivity index (χ1n) is 12.5. The second kappa shape index (κ2) is 13.7. The molecule has 4 aromatic rings. The van der Waals surface area contributed by atoms with Gasteiger partial charge in [0.2, 0.25) is 0 Å². The zero-order valence-electron chi connectivity index (χ0n) is 22.0. The van der Waals surface area contributed by atoms with Crippen molar-refractivity contribution in [3.63, 3.8) is 0 Å².